The van der Waals surface area contributed by atoms with Crippen LogP contribution in [0.3, 0.4) is 0 Å². The molecule has 0 radical (unpaired) electrons. The molecule has 0 atom stereocenters. The quantitative estimate of drug-likeness (QED) is 0.330. The number of aliphatic imine (C=N–C) groups is 1. The Balaban J connectivity index is 0. The number of hydrogen-bond donors (Lipinski definition) is 0. The lowest BCUT2D eigenvalue weighted by Crippen LogP contribution is -1.79. The molecule has 0 aromatic rings. The maximum atomic E-state index is 12.4. The summed E-state index contributed by atoms with van der Waals surface area (Å²) in [6, 6.07) is 0. The van der Waals surface area contributed by atoms with E-state index >= 15 is 0 Å². The molecule has 0 aromatic carbocycles. The van der Waals surface area contributed by atoms with Gasteiger partial charge in [-0.05, 0) is 20.6 Å². The van der Waals surface area contributed by atoms with E-state index in [2.05, 4.69) is 18.3 Å². The van der Waals surface area contributed by atoms with Crippen molar-refractivity contribution in [3.8, 4) is 0 Å². The highest BCUT2D eigenvalue weighted by molar-refractivity contribution is 5.33. The van der Waals surface area contributed by atoms with Crippen molar-refractivity contribution in [1.82, 2.24) is 0 Å². The Morgan fingerprint density at radius 1 is 1.27 bits per heavy atom. The fourth-order valence-corrected chi connectivity index (χ4v) is 0.295. The van der Waals surface area contributed by atoms with E-state index in [1.54, 1.807) is 13.8 Å². The molecular formula is C9H16FN. The van der Waals surface area contributed by atoms with Crippen LogP contribution in [-0.4, -0.2) is 6.72 Å². The molecule has 0 saturated heterocycles. The van der Waals surface area contributed by atoms with Crippen molar-refractivity contribution in [3.05, 3.63) is 23.7 Å². The largest absolute Gasteiger partial charge is 0.236 e. The standard InChI is InChI=1S/C7H10FN.C2H6/c1-5(2)6(3)7(8)9-4;1-2/h1,4H2,2-3H3;1-2H3/b7-6-;. The molecule has 0 aliphatic rings. The van der Waals surface area contributed by atoms with Gasteiger partial charge in [-0.2, -0.15) is 4.39 Å². The first-order valence-corrected chi connectivity index (χ1v) is 3.58. The molecule has 0 N–H and O–H groups in total. The number of halogens is 1. The Bertz CT molecular complexity index is 168. The van der Waals surface area contributed by atoms with Gasteiger partial charge in [-0.25, -0.2) is 4.99 Å². The maximum absolute atomic E-state index is 12.4. The summed E-state index contributed by atoms with van der Waals surface area (Å²) in [5.41, 5.74) is 1.14. The van der Waals surface area contributed by atoms with Gasteiger partial charge in [0.2, 0.25) is 5.95 Å². The van der Waals surface area contributed by atoms with Crippen LogP contribution >= 0.6 is 0 Å². The highest BCUT2D eigenvalue weighted by Crippen LogP contribution is 2.12. The van der Waals surface area contributed by atoms with Crippen LogP contribution in [0.15, 0.2) is 28.7 Å². The van der Waals surface area contributed by atoms with Crippen LogP contribution in [0.4, 0.5) is 4.39 Å². The molecule has 0 aliphatic heterocycles. The van der Waals surface area contributed by atoms with Gasteiger partial charge >= 0.3 is 0 Å². The molecule has 0 aliphatic carbocycles. The van der Waals surface area contributed by atoms with Crippen LogP contribution in [0.1, 0.15) is 27.7 Å². The average molecular weight is 157 g/mol. The van der Waals surface area contributed by atoms with Crippen molar-refractivity contribution in [2.45, 2.75) is 27.7 Å². The van der Waals surface area contributed by atoms with Gasteiger partial charge in [0.25, 0.3) is 0 Å². The summed E-state index contributed by atoms with van der Waals surface area (Å²) in [6.07, 6.45) is 0. The van der Waals surface area contributed by atoms with Crippen molar-refractivity contribution in [3.63, 3.8) is 0 Å². The number of nitrogens with zero attached hydrogens (tertiary/aromatic N) is 1. The van der Waals surface area contributed by atoms with E-state index in [0.717, 1.165) is 0 Å². The van der Waals surface area contributed by atoms with E-state index in [0.29, 0.717) is 11.1 Å². The smallest absolute Gasteiger partial charge is 0.215 e. The van der Waals surface area contributed by atoms with Crippen molar-refractivity contribution in [1.29, 1.82) is 0 Å². The van der Waals surface area contributed by atoms with E-state index in [4.69, 9.17) is 0 Å². The van der Waals surface area contributed by atoms with Gasteiger partial charge in [-0.15, -0.1) is 0 Å². The van der Waals surface area contributed by atoms with Crippen LogP contribution in [0, 0.1) is 0 Å². The Hall–Kier alpha value is -0.920. The summed E-state index contributed by atoms with van der Waals surface area (Å²) in [5, 5.41) is 0. The summed E-state index contributed by atoms with van der Waals surface area (Å²) in [7, 11) is 0. The number of hydrogen-bond acceptors (Lipinski definition) is 1. The SMILES string of the molecule is C=N/C(F)=C(/C)C(=C)C.CC. The monoisotopic (exact) mass is 157 g/mol. The highest BCUT2D eigenvalue weighted by Gasteiger charge is 1.96. The first-order valence-electron chi connectivity index (χ1n) is 3.58. The third-order valence-electron chi connectivity index (χ3n) is 1.09. The zero-order chi connectivity index (χ0) is 9.44. The summed E-state index contributed by atoms with van der Waals surface area (Å²) in [4.78, 5) is 3.11. The van der Waals surface area contributed by atoms with Gasteiger partial charge in [0, 0.05) is 5.57 Å². The van der Waals surface area contributed by atoms with Crippen molar-refractivity contribution in [2.75, 3.05) is 0 Å². The lowest BCUT2D eigenvalue weighted by molar-refractivity contribution is 0.619. The normalized spacial score (nSPS) is 10.6. The molecule has 0 rings (SSSR count). The highest BCUT2D eigenvalue weighted by atomic mass is 19.1. The van der Waals surface area contributed by atoms with Gasteiger partial charge in [0.05, 0.1) is 0 Å². The summed E-state index contributed by atoms with van der Waals surface area (Å²) < 4.78 is 12.4. The molecule has 0 heterocycles. The lowest BCUT2D eigenvalue weighted by atomic mass is 10.2. The van der Waals surface area contributed by atoms with Crippen molar-refractivity contribution >= 4 is 6.72 Å². The molecular weight excluding hydrogens is 141 g/mol. The van der Waals surface area contributed by atoms with Gasteiger partial charge in [0.15, 0.2) is 0 Å². The zero-order valence-corrected chi connectivity index (χ0v) is 7.74. The van der Waals surface area contributed by atoms with E-state index in [-0.39, 0.29) is 0 Å². The molecule has 0 saturated carbocycles. The van der Waals surface area contributed by atoms with Crippen LogP contribution < -0.4 is 0 Å². The molecule has 0 unspecified atom stereocenters. The second-order valence-electron chi connectivity index (χ2n) is 1.85. The predicted octanol–water partition coefficient (Wildman–Crippen LogP) is 3.49. The summed E-state index contributed by atoms with van der Waals surface area (Å²) >= 11 is 0. The third kappa shape index (κ3) is 5.52. The van der Waals surface area contributed by atoms with E-state index in [1.807, 2.05) is 13.8 Å². The summed E-state index contributed by atoms with van der Waals surface area (Å²) in [6.45, 7) is 13.9. The van der Waals surface area contributed by atoms with E-state index < -0.39 is 5.95 Å². The molecule has 0 amide bonds. The van der Waals surface area contributed by atoms with E-state index in [1.165, 1.54) is 0 Å². The fourth-order valence-electron chi connectivity index (χ4n) is 0.295. The summed E-state index contributed by atoms with van der Waals surface area (Å²) in [5.74, 6) is -0.539. The zero-order valence-electron chi connectivity index (χ0n) is 7.74. The third-order valence-corrected chi connectivity index (χ3v) is 1.09. The van der Waals surface area contributed by atoms with Crippen LogP contribution in [0.25, 0.3) is 0 Å². The molecule has 0 bridgehead atoms. The van der Waals surface area contributed by atoms with Gasteiger partial charge in [-0.1, -0.05) is 26.0 Å². The first-order chi connectivity index (χ1) is 5.09. The Morgan fingerprint density at radius 2 is 1.64 bits per heavy atom. The molecule has 1 nitrogen and oxygen atoms in total. The minimum absolute atomic E-state index is 0.463. The first kappa shape index (κ1) is 12.7. The van der Waals surface area contributed by atoms with Crippen LogP contribution in [0.5, 0.6) is 0 Å². The van der Waals surface area contributed by atoms with Crippen molar-refractivity contribution in [2.24, 2.45) is 4.99 Å². The number of rotatable bonds is 2. The molecule has 0 aromatic heterocycles. The Kier molecular flexibility index (Phi) is 8.32. The Morgan fingerprint density at radius 3 is 1.73 bits per heavy atom. The topological polar surface area (TPSA) is 12.4 Å². The van der Waals surface area contributed by atoms with E-state index in [9.17, 15) is 4.39 Å². The number of allylic oxidation sites excluding steroid dienone is 2. The molecule has 0 fully saturated rings. The minimum Gasteiger partial charge on any atom is -0.236 e. The molecule has 0 spiro atoms. The maximum Gasteiger partial charge on any atom is 0.215 e. The molecule has 2 heteroatoms. The van der Waals surface area contributed by atoms with Crippen molar-refractivity contribution < 1.29 is 4.39 Å². The van der Waals surface area contributed by atoms with Crippen LogP contribution in [-0.2, 0) is 0 Å². The lowest BCUT2D eigenvalue weighted by Gasteiger charge is -1.95. The van der Waals surface area contributed by atoms with Gasteiger partial charge < -0.3 is 0 Å². The second-order valence-corrected chi connectivity index (χ2v) is 1.85. The van der Waals surface area contributed by atoms with Gasteiger partial charge in [-0.3, -0.25) is 0 Å². The molecule has 64 valence electrons. The Labute approximate surface area is 68.3 Å². The fraction of sp³-hybridized carbons (Fsp3) is 0.444. The average Bonchev–Trinajstić information content (AvgIpc) is 2.05. The second kappa shape index (κ2) is 7.19. The van der Waals surface area contributed by atoms with Gasteiger partial charge in [0.1, 0.15) is 0 Å². The van der Waals surface area contributed by atoms with Crippen LogP contribution in [0.2, 0.25) is 0 Å². The minimum atomic E-state index is -0.539. The molecule has 11 heavy (non-hydrogen) atoms. The predicted molar refractivity (Wildman–Crippen MR) is 49.5 cm³/mol.